The van der Waals surface area contributed by atoms with Crippen molar-refractivity contribution in [3.05, 3.63) is 18.2 Å². The summed E-state index contributed by atoms with van der Waals surface area (Å²) < 4.78 is 22.9. The lowest BCUT2D eigenvalue weighted by Crippen LogP contribution is -2.29. The maximum Gasteiger partial charge on any atom is 0.177 e. The summed E-state index contributed by atoms with van der Waals surface area (Å²) in [6.07, 6.45) is 1.11. The molecular weight excluding hydrogens is 240 g/mol. The fourth-order valence-electron chi connectivity index (χ4n) is 1.33. The maximum absolute atomic E-state index is 11.4. The van der Waals surface area contributed by atoms with E-state index in [1.165, 1.54) is 6.07 Å². The summed E-state index contributed by atoms with van der Waals surface area (Å²) in [6.45, 7) is 3.58. The van der Waals surface area contributed by atoms with Crippen molar-refractivity contribution >= 4 is 21.2 Å². The first-order valence-electron chi connectivity index (χ1n) is 5.16. The third-order valence-electron chi connectivity index (χ3n) is 2.18. The number of para-hydroxylation sites is 1. The third-order valence-corrected chi connectivity index (χ3v) is 3.33. The number of hydrogen-bond acceptors (Lipinski definition) is 5. The van der Waals surface area contributed by atoms with Crippen molar-refractivity contribution in [1.29, 1.82) is 0 Å². The van der Waals surface area contributed by atoms with Gasteiger partial charge in [0.05, 0.1) is 21.9 Å². The number of sulfone groups is 1. The van der Waals surface area contributed by atoms with E-state index >= 15 is 0 Å². The summed E-state index contributed by atoms with van der Waals surface area (Å²) in [5.74, 6) is 0. The van der Waals surface area contributed by atoms with Crippen LogP contribution in [-0.2, 0) is 9.84 Å². The summed E-state index contributed by atoms with van der Waals surface area (Å²) in [7, 11) is -3.34. The quantitative estimate of drug-likeness (QED) is 0.696. The standard InChI is InChI=1S/C11H18N2O3S/c1-11(2,14)7-13-8-5-4-6-9(10(8)12)17(3,15)16/h4-6,13-14H,7,12H2,1-3H3. The molecule has 6 heteroatoms. The molecule has 4 N–H and O–H groups in total. The van der Waals surface area contributed by atoms with Gasteiger partial charge in [0.2, 0.25) is 0 Å². The average Bonchev–Trinajstić information content (AvgIpc) is 2.13. The van der Waals surface area contributed by atoms with Gasteiger partial charge in [-0.2, -0.15) is 0 Å². The van der Waals surface area contributed by atoms with Crippen molar-refractivity contribution in [1.82, 2.24) is 0 Å². The number of nitrogens with two attached hydrogens (primary N) is 1. The molecule has 96 valence electrons. The Bertz CT molecular complexity index is 504. The molecule has 1 aromatic carbocycles. The highest BCUT2D eigenvalue weighted by molar-refractivity contribution is 7.90. The third kappa shape index (κ3) is 3.90. The molecule has 0 aliphatic carbocycles. The minimum atomic E-state index is -3.34. The molecular formula is C11H18N2O3S. The molecule has 0 unspecified atom stereocenters. The Morgan fingerprint density at radius 3 is 2.47 bits per heavy atom. The second-order valence-electron chi connectivity index (χ2n) is 4.66. The zero-order chi connectivity index (χ0) is 13.3. The minimum Gasteiger partial charge on any atom is -0.396 e. The number of aliphatic hydroxyl groups is 1. The number of nitrogens with one attached hydrogen (secondary N) is 1. The van der Waals surface area contributed by atoms with E-state index < -0.39 is 15.4 Å². The molecule has 5 nitrogen and oxygen atoms in total. The van der Waals surface area contributed by atoms with Crippen LogP contribution in [0.1, 0.15) is 13.8 Å². The highest BCUT2D eigenvalue weighted by Crippen LogP contribution is 2.26. The molecule has 0 saturated heterocycles. The molecule has 0 aromatic heterocycles. The molecule has 0 saturated carbocycles. The lowest BCUT2D eigenvalue weighted by atomic mass is 10.1. The maximum atomic E-state index is 11.4. The van der Waals surface area contributed by atoms with Gasteiger partial charge < -0.3 is 16.2 Å². The van der Waals surface area contributed by atoms with Crippen molar-refractivity contribution in [3.63, 3.8) is 0 Å². The largest absolute Gasteiger partial charge is 0.396 e. The number of anilines is 2. The van der Waals surface area contributed by atoms with Gasteiger partial charge in [-0.05, 0) is 26.0 Å². The summed E-state index contributed by atoms with van der Waals surface area (Å²) in [5, 5.41) is 12.5. The van der Waals surface area contributed by atoms with E-state index in [-0.39, 0.29) is 17.1 Å². The molecule has 0 amide bonds. The van der Waals surface area contributed by atoms with E-state index in [0.29, 0.717) is 5.69 Å². The van der Waals surface area contributed by atoms with E-state index in [0.717, 1.165) is 6.26 Å². The SMILES string of the molecule is CC(C)(O)CNc1cccc(S(C)(=O)=O)c1N. The summed E-state index contributed by atoms with van der Waals surface area (Å²) in [6, 6.07) is 4.75. The molecule has 0 aliphatic rings. The Labute approximate surface area is 102 Å². The van der Waals surface area contributed by atoms with Gasteiger partial charge in [0.25, 0.3) is 0 Å². The Balaban J connectivity index is 3.04. The molecule has 0 aliphatic heterocycles. The fraction of sp³-hybridized carbons (Fsp3) is 0.455. The zero-order valence-corrected chi connectivity index (χ0v) is 11.0. The van der Waals surface area contributed by atoms with Crippen molar-refractivity contribution in [2.24, 2.45) is 0 Å². The second kappa shape index (κ2) is 4.54. The van der Waals surface area contributed by atoms with Crippen molar-refractivity contribution in [3.8, 4) is 0 Å². The first kappa shape index (κ1) is 13.8. The molecule has 0 fully saturated rings. The smallest absolute Gasteiger partial charge is 0.177 e. The lowest BCUT2D eigenvalue weighted by molar-refractivity contribution is 0.0945. The number of hydrogen-bond donors (Lipinski definition) is 3. The van der Waals surface area contributed by atoms with Gasteiger partial charge in [-0.15, -0.1) is 0 Å². The predicted molar refractivity (Wildman–Crippen MR) is 68.8 cm³/mol. The zero-order valence-electron chi connectivity index (χ0n) is 10.2. The Kier molecular flexibility index (Phi) is 3.68. The molecule has 0 heterocycles. The van der Waals surface area contributed by atoms with Crippen LogP contribution in [0.3, 0.4) is 0 Å². The van der Waals surface area contributed by atoms with Gasteiger partial charge in [-0.3, -0.25) is 0 Å². The van der Waals surface area contributed by atoms with Crippen LogP contribution in [0.2, 0.25) is 0 Å². The monoisotopic (exact) mass is 258 g/mol. The molecule has 0 atom stereocenters. The van der Waals surface area contributed by atoms with Gasteiger partial charge in [0.1, 0.15) is 0 Å². The first-order chi connectivity index (χ1) is 7.61. The summed E-state index contributed by atoms with van der Waals surface area (Å²) >= 11 is 0. The van der Waals surface area contributed by atoms with Crippen LogP contribution >= 0.6 is 0 Å². The Morgan fingerprint density at radius 2 is 2.00 bits per heavy atom. The van der Waals surface area contributed by atoms with Crippen molar-refractivity contribution in [2.75, 3.05) is 23.9 Å². The van der Waals surface area contributed by atoms with Crippen LogP contribution in [-0.4, -0.2) is 31.9 Å². The van der Waals surface area contributed by atoms with E-state index in [1.807, 2.05) is 0 Å². The first-order valence-corrected chi connectivity index (χ1v) is 7.05. The topological polar surface area (TPSA) is 92.4 Å². The minimum absolute atomic E-state index is 0.0956. The van der Waals surface area contributed by atoms with Crippen LogP contribution in [0.15, 0.2) is 23.1 Å². The van der Waals surface area contributed by atoms with Gasteiger partial charge in [-0.1, -0.05) is 6.07 Å². The van der Waals surface area contributed by atoms with E-state index in [2.05, 4.69) is 5.32 Å². The summed E-state index contributed by atoms with van der Waals surface area (Å²) in [4.78, 5) is 0.0956. The van der Waals surface area contributed by atoms with Crippen LogP contribution in [0, 0.1) is 0 Å². The van der Waals surface area contributed by atoms with E-state index in [4.69, 9.17) is 5.73 Å². The molecule has 17 heavy (non-hydrogen) atoms. The van der Waals surface area contributed by atoms with Crippen LogP contribution in [0.4, 0.5) is 11.4 Å². The van der Waals surface area contributed by atoms with Crippen LogP contribution in [0.5, 0.6) is 0 Å². The second-order valence-corrected chi connectivity index (χ2v) is 6.64. The molecule has 1 aromatic rings. The van der Waals surface area contributed by atoms with Gasteiger partial charge in [0.15, 0.2) is 9.84 Å². The van der Waals surface area contributed by atoms with Gasteiger partial charge in [-0.25, -0.2) is 8.42 Å². The average molecular weight is 258 g/mol. The Hall–Kier alpha value is -1.27. The molecule has 0 bridgehead atoms. The Morgan fingerprint density at radius 1 is 1.41 bits per heavy atom. The molecule has 1 rings (SSSR count). The van der Waals surface area contributed by atoms with Crippen molar-refractivity contribution in [2.45, 2.75) is 24.3 Å². The van der Waals surface area contributed by atoms with Crippen molar-refractivity contribution < 1.29 is 13.5 Å². The molecule has 0 radical (unpaired) electrons. The van der Waals surface area contributed by atoms with Gasteiger partial charge in [0, 0.05) is 12.8 Å². The summed E-state index contributed by atoms with van der Waals surface area (Å²) in [5.41, 5.74) is 5.57. The fourth-order valence-corrected chi connectivity index (χ4v) is 2.17. The predicted octanol–water partition coefficient (Wildman–Crippen LogP) is 0.855. The number of rotatable bonds is 4. The highest BCUT2D eigenvalue weighted by Gasteiger charge is 2.16. The lowest BCUT2D eigenvalue weighted by Gasteiger charge is -2.20. The highest BCUT2D eigenvalue weighted by atomic mass is 32.2. The van der Waals surface area contributed by atoms with Crippen LogP contribution < -0.4 is 11.1 Å². The normalized spacial score (nSPS) is 12.5. The van der Waals surface area contributed by atoms with Crippen LogP contribution in [0.25, 0.3) is 0 Å². The van der Waals surface area contributed by atoms with E-state index in [9.17, 15) is 13.5 Å². The molecule has 0 spiro atoms. The number of nitrogen functional groups attached to an aromatic ring is 1. The number of benzene rings is 1. The van der Waals surface area contributed by atoms with E-state index in [1.54, 1.807) is 26.0 Å². The van der Waals surface area contributed by atoms with Gasteiger partial charge >= 0.3 is 0 Å².